The van der Waals surface area contributed by atoms with Crippen LogP contribution in [0, 0.1) is 0 Å². The van der Waals surface area contributed by atoms with Gasteiger partial charge in [0.25, 0.3) is 5.91 Å². The van der Waals surface area contributed by atoms with E-state index in [0.717, 1.165) is 38.6 Å². The molecule has 1 aromatic heterocycles. The Morgan fingerprint density at radius 1 is 1.30 bits per heavy atom. The molecule has 0 bridgehead atoms. The number of rotatable bonds is 3. The van der Waals surface area contributed by atoms with E-state index in [1.54, 1.807) is 11.3 Å². The standard InChI is InChI=1S/C17H25N3O2S/c1-12-14-8-10-23-15(14)7-9-20(12)11-16(21)19-17(22)18-13-5-3-2-4-6-13/h8,10,12-13H,2-7,9,11H2,1H3,(H2,18,19,21,22)/p+1/t12-/m0/s1. The molecule has 0 radical (unpaired) electrons. The van der Waals surface area contributed by atoms with Crippen LogP contribution in [0.4, 0.5) is 4.79 Å². The van der Waals surface area contributed by atoms with Gasteiger partial charge in [-0.15, -0.1) is 11.3 Å². The number of carbonyl (C=O) groups excluding carboxylic acids is 2. The summed E-state index contributed by atoms with van der Waals surface area (Å²) in [7, 11) is 0. The third-order valence-electron chi connectivity index (χ3n) is 5.11. The van der Waals surface area contributed by atoms with Crippen LogP contribution in [0.5, 0.6) is 0 Å². The summed E-state index contributed by atoms with van der Waals surface area (Å²) in [6, 6.07) is 2.38. The van der Waals surface area contributed by atoms with Crippen LogP contribution in [0.2, 0.25) is 0 Å². The molecule has 1 unspecified atom stereocenters. The first kappa shape index (κ1) is 16.5. The number of nitrogens with one attached hydrogen (secondary N) is 3. The highest BCUT2D eigenvalue weighted by Crippen LogP contribution is 2.24. The summed E-state index contributed by atoms with van der Waals surface area (Å²) in [5, 5.41) is 7.56. The molecule has 0 saturated heterocycles. The molecule has 1 aromatic rings. The number of urea groups is 1. The number of hydrogen-bond acceptors (Lipinski definition) is 3. The Morgan fingerprint density at radius 3 is 2.87 bits per heavy atom. The van der Waals surface area contributed by atoms with Crippen LogP contribution in [0.15, 0.2) is 11.4 Å². The zero-order chi connectivity index (χ0) is 16.2. The zero-order valence-electron chi connectivity index (χ0n) is 13.7. The lowest BCUT2D eigenvalue weighted by Gasteiger charge is -2.30. The first-order chi connectivity index (χ1) is 11.1. The second-order valence-corrected chi connectivity index (χ2v) is 7.71. The number of fused-ring (bicyclic) bond motifs is 1. The molecular weight excluding hydrogens is 310 g/mol. The van der Waals surface area contributed by atoms with Gasteiger partial charge in [0.2, 0.25) is 0 Å². The molecular formula is C17H26N3O2S+. The molecule has 23 heavy (non-hydrogen) atoms. The highest BCUT2D eigenvalue weighted by Gasteiger charge is 2.30. The van der Waals surface area contributed by atoms with Crippen LogP contribution in [0.1, 0.15) is 55.5 Å². The minimum Gasteiger partial charge on any atom is -0.335 e. The van der Waals surface area contributed by atoms with Gasteiger partial charge < -0.3 is 10.2 Å². The molecule has 1 aliphatic carbocycles. The molecule has 2 atom stereocenters. The molecule has 6 heteroatoms. The molecule has 1 saturated carbocycles. The van der Waals surface area contributed by atoms with Crippen LogP contribution in [0.3, 0.4) is 0 Å². The van der Waals surface area contributed by atoms with Crippen LogP contribution in [-0.2, 0) is 11.2 Å². The van der Waals surface area contributed by atoms with Gasteiger partial charge in [0.1, 0.15) is 6.04 Å². The molecule has 126 valence electrons. The summed E-state index contributed by atoms with van der Waals surface area (Å²) < 4.78 is 0. The molecule has 1 fully saturated rings. The quantitative estimate of drug-likeness (QED) is 0.781. The maximum absolute atomic E-state index is 12.2. The van der Waals surface area contributed by atoms with E-state index in [1.165, 1.54) is 21.8 Å². The average Bonchev–Trinajstić information content (AvgIpc) is 3.00. The van der Waals surface area contributed by atoms with E-state index in [4.69, 9.17) is 0 Å². The lowest BCUT2D eigenvalue weighted by molar-refractivity contribution is -0.924. The van der Waals surface area contributed by atoms with Gasteiger partial charge in [0, 0.05) is 22.9 Å². The van der Waals surface area contributed by atoms with E-state index >= 15 is 0 Å². The summed E-state index contributed by atoms with van der Waals surface area (Å²) in [6.07, 6.45) is 6.65. The van der Waals surface area contributed by atoms with Gasteiger partial charge in [-0.25, -0.2) is 4.79 Å². The molecule has 0 aromatic carbocycles. The van der Waals surface area contributed by atoms with Crippen molar-refractivity contribution in [2.45, 2.75) is 57.5 Å². The fourth-order valence-electron chi connectivity index (χ4n) is 3.74. The molecule has 0 spiro atoms. The number of carbonyl (C=O) groups is 2. The van der Waals surface area contributed by atoms with Crippen LogP contribution in [-0.4, -0.2) is 31.1 Å². The number of amides is 3. The van der Waals surface area contributed by atoms with Crippen LogP contribution in [0.25, 0.3) is 0 Å². The predicted molar refractivity (Wildman–Crippen MR) is 90.7 cm³/mol. The van der Waals surface area contributed by atoms with Crippen molar-refractivity contribution in [1.29, 1.82) is 0 Å². The SMILES string of the molecule is C[C@H]1c2ccsc2CC[NH+]1CC(=O)NC(=O)NC1CCCCC1. The van der Waals surface area contributed by atoms with Crippen molar-refractivity contribution in [3.8, 4) is 0 Å². The highest BCUT2D eigenvalue weighted by atomic mass is 32.1. The van der Waals surface area contributed by atoms with Crippen molar-refractivity contribution in [3.05, 3.63) is 21.9 Å². The number of quaternary nitrogens is 1. The fourth-order valence-corrected chi connectivity index (χ4v) is 4.72. The molecule has 5 nitrogen and oxygen atoms in total. The van der Waals surface area contributed by atoms with Crippen LogP contribution >= 0.6 is 11.3 Å². The molecule has 2 heterocycles. The Labute approximate surface area is 141 Å². The molecule has 3 rings (SSSR count). The normalized spacial score (nSPS) is 24.7. The van der Waals surface area contributed by atoms with E-state index in [9.17, 15) is 9.59 Å². The van der Waals surface area contributed by atoms with Gasteiger partial charge in [0.15, 0.2) is 6.54 Å². The van der Waals surface area contributed by atoms with Crippen molar-refractivity contribution in [3.63, 3.8) is 0 Å². The minimum atomic E-state index is -0.331. The summed E-state index contributed by atoms with van der Waals surface area (Å²) in [5.74, 6) is -0.182. The highest BCUT2D eigenvalue weighted by molar-refractivity contribution is 7.10. The summed E-state index contributed by atoms with van der Waals surface area (Å²) in [5.41, 5.74) is 1.36. The van der Waals surface area contributed by atoms with Crippen LogP contribution < -0.4 is 15.5 Å². The van der Waals surface area contributed by atoms with Gasteiger partial charge in [-0.05, 0) is 31.2 Å². The van der Waals surface area contributed by atoms with Gasteiger partial charge in [-0.1, -0.05) is 19.3 Å². The van der Waals surface area contributed by atoms with Crippen molar-refractivity contribution in [2.24, 2.45) is 0 Å². The Bertz CT molecular complexity index is 566. The fraction of sp³-hybridized carbons (Fsp3) is 0.647. The lowest BCUT2D eigenvalue weighted by atomic mass is 9.96. The molecule has 2 aliphatic rings. The maximum atomic E-state index is 12.2. The van der Waals surface area contributed by atoms with Gasteiger partial charge in [0.05, 0.1) is 6.54 Å². The van der Waals surface area contributed by atoms with E-state index < -0.39 is 0 Å². The van der Waals surface area contributed by atoms with Gasteiger partial charge in [-0.3, -0.25) is 10.1 Å². The summed E-state index contributed by atoms with van der Waals surface area (Å²) in [4.78, 5) is 26.8. The second kappa shape index (κ2) is 7.45. The average molecular weight is 336 g/mol. The van der Waals surface area contributed by atoms with E-state index in [1.807, 2.05) is 0 Å². The van der Waals surface area contributed by atoms with E-state index in [-0.39, 0.29) is 18.0 Å². The zero-order valence-corrected chi connectivity index (χ0v) is 14.5. The number of thiophene rings is 1. The smallest absolute Gasteiger partial charge is 0.321 e. The Kier molecular flexibility index (Phi) is 5.33. The minimum absolute atomic E-state index is 0.182. The summed E-state index contributed by atoms with van der Waals surface area (Å²) in [6.45, 7) is 3.47. The lowest BCUT2D eigenvalue weighted by Crippen LogP contribution is -3.14. The Morgan fingerprint density at radius 2 is 2.09 bits per heavy atom. The monoisotopic (exact) mass is 336 g/mol. The number of imide groups is 1. The van der Waals surface area contributed by atoms with Crippen molar-refractivity contribution < 1.29 is 14.5 Å². The van der Waals surface area contributed by atoms with E-state index in [2.05, 4.69) is 29.0 Å². The van der Waals surface area contributed by atoms with Crippen molar-refractivity contribution >= 4 is 23.3 Å². The summed E-state index contributed by atoms with van der Waals surface area (Å²) >= 11 is 1.80. The Balaban J connectivity index is 1.46. The third-order valence-corrected chi connectivity index (χ3v) is 6.11. The van der Waals surface area contributed by atoms with E-state index in [0.29, 0.717) is 12.6 Å². The predicted octanol–water partition coefficient (Wildman–Crippen LogP) is 1.41. The molecule has 3 N–H and O–H groups in total. The molecule has 3 amide bonds. The largest absolute Gasteiger partial charge is 0.335 e. The van der Waals surface area contributed by atoms with Crippen molar-refractivity contribution in [2.75, 3.05) is 13.1 Å². The Hall–Kier alpha value is -1.40. The third kappa shape index (κ3) is 4.12. The number of hydrogen-bond donors (Lipinski definition) is 3. The molecule has 1 aliphatic heterocycles. The maximum Gasteiger partial charge on any atom is 0.321 e. The second-order valence-electron chi connectivity index (χ2n) is 6.71. The van der Waals surface area contributed by atoms with Crippen molar-refractivity contribution in [1.82, 2.24) is 10.6 Å². The van der Waals surface area contributed by atoms with Gasteiger partial charge >= 0.3 is 6.03 Å². The topological polar surface area (TPSA) is 62.6 Å². The first-order valence-electron chi connectivity index (χ1n) is 8.64. The van der Waals surface area contributed by atoms with Gasteiger partial charge in [-0.2, -0.15) is 0 Å². The first-order valence-corrected chi connectivity index (χ1v) is 9.52.